The van der Waals surface area contributed by atoms with E-state index in [-0.39, 0.29) is 5.91 Å². The van der Waals surface area contributed by atoms with E-state index in [1.807, 2.05) is 24.3 Å². The van der Waals surface area contributed by atoms with Crippen molar-refractivity contribution >= 4 is 12.0 Å². The van der Waals surface area contributed by atoms with Crippen molar-refractivity contribution in [3.63, 3.8) is 0 Å². The Kier molecular flexibility index (Phi) is 6.93. The van der Waals surface area contributed by atoms with Crippen LogP contribution in [-0.2, 0) is 9.53 Å². The molecule has 5 nitrogen and oxygen atoms in total. The average Bonchev–Trinajstić information content (AvgIpc) is 2.58. The number of hydrogen-bond acceptors (Lipinski definition) is 4. The van der Waals surface area contributed by atoms with Crippen molar-refractivity contribution in [1.82, 2.24) is 10.2 Å². The number of hydrogen-bond donors (Lipinski definition) is 1. The molecule has 0 radical (unpaired) electrons. The molecule has 0 saturated carbocycles. The lowest BCUT2D eigenvalue weighted by molar-refractivity contribution is -0.116. The van der Waals surface area contributed by atoms with Crippen molar-refractivity contribution in [2.24, 2.45) is 0 Å². The summed E-state index contributed by atoms with van der Waals surface area (Å²) in [6.07, 6.45) is 4.33. The van der Waals surface area contributed by atoms with Crippen LogP contribution in [0, 0.1) is 0 Å². The highest BCUT2D eigenvalue weighted by Crippen LogP contribution is 2.12. The van der Waals surface area contributed by atoms with E-state index in [9.17, 15) is 4.79 Å². The molecule has 1 aliphatic rings. The van der Waals surface area contributed by atoms with Gasteiger partial charge in [0.1, 0.15) is 5.75 Å². The number of rotatable bonds is 7. The molecule has 22 heavy (non-hydrogen) atoms. The minimum atomic E-state index is -0.0576. The molecule has 0 aliphatic carbocycles. The van der Waals surface area contributed by atoms with E-state index in [2.05, 4.69) is 10.2 Å². The van der Waals surface area contributed by atoms with Crippen molar-refractivity contribution < 1.29 is 14.3 Å². The van der Waals surface area contributed by atoms with E-state index in [1.165, 1.54) is 0 Å². The maximum atomic E-state index is 11.7. The van der Waals surface area contributed by atoms with Crippen LogP contribution < -0.4 is 10.1 Å². The predicted molar refractivity (Wildman–Crippen MR) is 86.9 cm³/mol. The van der Waals surface area contributed by atoms with Crippen LogP contribution in [0.4, 0.5) is 0 Å². The lowest BCUT2D eigenvalue weighted by atomic mass is 10.2. The molecule has 1 aromatic carbocycles. The highest BCUT2D eigenvalue weighted by atomic mass is 16.5. The summed E-state index contributed by atoms with van der Waals surface area (Å²) in [6, 6.07) is 7.59. The molecule has 0 atom stereocenters. The Morgan fingerprint density at radius 2 is 2.05 bits per heavy atom. The van der Waals surface area contributed by atoms with E-state index < -0.39 is 0 Å². The van der Waals surface area contributed by atoms with E-state index in [4.69, 9.17) is 9.47 Å². The maximum Gasteiger partial charge on any atom is 0.243 e. The fraction of sp³-hybridized carbons (Fsp3) is 0.471. The van der Waals surface area contributed by atoms with Crippen molar-refractivity contribution in [2.75, 3.05) is 46.5 Å². The molecule has 1 N–H and O–H groups in total. The first kappa shape index (κ1) is 16.5. The molecule has 0 bridgehead atoms. The molecule has 1 aliphatic heterocycles. The lowest BCUT2D eigenvalue weighted by Crippen LogP contribution is -2.38. The molecule has 1 amide bonds. The van der Waals surface area contributed by atoms with Crippen molar-refractivity contribution in [1.29, 1.82) is 0 Å². The van der Waals surface area contributed by atoms with Crippen LogP contribution in [0.15, 0.2) is 30.3 Å². The maximum absolute atomic E-state index is 11.7. The monoisotopic (exact) mass is 304 g/mol. The molecule has 2 rings (SSSR count). The number of morpholine rings is 1. The molecular weight excluding hydrogens is 280 g/mol. The zero-order valence-corrected chi connectivity index (χ0v) is 13.1. The molecule has 1 saturated heterocycles. The van der Waals surface area contributed by atoms with Gasteiger partial charge in [0.25, 0.3) is 0 Å². The molecule has 1 aromatic rings. The number of carbonyl (C=O) groups is 1. The minimum absolute atomic E-state index is 0.0576. The molecule has 1 heterocycles. The largest absolute Gasteiger partial charge is 0.497 e. The molecular formula is C17H24N2O3. The third-order valence-corrected chi connectivity index (χ3v) is 3.60. The molecule has 0 spiro atoms. The van der Waals surface area contributed by atoms with Crippen molar-refractivity contribution in [3.05, 3.63) is 35.9 Å². The number of nitrogens with one attached hydrogen (secondary N) is 1. The highest BCUT2D eigenvalue weighted by molar-refractivity contribution is 5.91. The van der Waals surface area contributed by atoms with Gasteiger partial charge in [-0.3, -0.25) is 9.69 Å². The Hall–Kier alpha value is -1.85. The summed E-state index contributed by atoms with van der Waals surface area (Å²) < 4.78 is 10.4. The summed E-state index contributed by atoms with van der Waals surface area (Å²) in [7, 11) is 1.63. The normalized spacial score (nSPS) is 15.9. The Bertz CT molecular complexity index is 479. The zero-order valence-electron chi connectivity index (χ0n) is 13.1. The second-order valence-electron chi connectivity index (χ2n) is 5.21. The van der Waals surface area contributed by atoms with Crippen LogP contribution >= 0.6 is 0 Å². The van der Waals surface area contributed by atoms with Crippen LogP contribution in [0.25, 0.3) is 6.08 Å². The predicted octanol–water partition coefficient (Wildman–Crippen LogP) is 1.55. The fourth-order valence-electron chi connectivity index (χ4n) is 2.28. The Balaban J connectivity index is 1.63. The first-order valence-electron chi connectivity index (χ1n) is 7.68. The van der Waals surface area contributed by atoms with Gasteiger partial charge in [-0.15, -0.1) is 0 Å². The average molecular weight is 304 g/mol. The number of benzene rings is 1. The van der Waals surface area contributed by atoms with Crippen molar-refractivity contribution in [3.8, 4) is 5.75 Å². The third-order valence-electron chi connectivity index (χ3n) is 3.60. The van der Waals surface area contributed by atoms with Gasteiger partial charge in [-0.05, 0) is 36.7 Å². The second-order valence-corrected chi connectivity index (χ2v) is 5.21. The quantitative estimate of drug-likeness (QED) is 0.613. The number of carbonyl (C=O) groups excluding carboxylic acids is 1. The van der Waals surface area contributed by atoms with Gasteiger partial charge < -0.3 is 14.8 Å². The van der Waals surface area contributed by atoms with Crippen LogP contribution in [0.3, 0.4) is 0 Å². The van der Waals surface area contributed by atoms with E-state index in [0.29, 0.717) is 6.54 Å². The Morgan fingerprint density at radius 3 is 2.73 bits per heavy atom. The lowest BCUT2D eigenvalue weighted by Gasteiger charge is -2.26. The summed E-state index contributed by atoms with van der Waals surface area (Å²) in [4.78, 5) is 14.1. The fourth-order valence-corrected chi connectivity index (χ4v) is 2.28. The second kappa shape index (κ2) is 9.23. The molecule has 5 heteroatoms. The van der Waals surface area contributed by atoms with Crippen LogP contribution in [0.2, 0.25) is 0 Å². The Morgan fingerprint density at radius 1 is 1.32 bits per heavy atom. The van der Waals surface area contributed by atoms with Crippen LogP contribution in [0.1, 0.15) is 12.0 Å². The number of methoxy groups -OCH3 is 1. The van der Waals surface area contributed by atoms with Gasteiger partial charge in [-0.2, -0.15) is 0 Å². The van der Waals surface area contributed by atoms with E-state index in [0.717, 1.165) is 50.6 Å². The standard InChI is InChI=1S/C17H24N2O3/c1-21-16-6-3-15(4-7-16)5-8-17(20)18-9-2-10-19-11-13-22-14-12-19/h3-8H,2,9-14H2,1H3,(H,18,20). The summed E-state index contributed by atoms with van der Waals surface area (Å²) in [6.45, 7) is 5.32. The molecule has 1 fully saturated rings. The molecule has 120 valence electrons. The van der Waals surface area contributed by atoms with Gasteiger partial charge in [-0.1, -0.05) is 12.1 Å². The summed E-state index contributed by atoms with van der Waals surface area (Å²) in [5.41, 5.74) is 0.976. The number of ether oxygens (including phenoxy) is 2. The summed E-state index contributed by atoms with van der Waals surface area (Å²) >= 11 is 0. The highest BCUT2D eigenvalue weighted by Gasteiger charge is 2.09. The van der Waals surface area contributed by atoms with Gasteiger partial charge in [0.05, 0.1) is 20.3 Å². The first-order valence-corrected chi connectivity index (χ1v) is 7.68. The van der Waals surface area contributed by atoms with E-state index >= 15 is 0 Å². The third kappa shape index (κ3) is 5.87. The van der Waals surface area contributed by atoms with Gasteiger partial charge in [0.15, 0.2) is 0 Å². The van der Waals surface area contributed by atoms with Gasteiger partial charge >= 0.3 is 0 Å². The Labute approximate surface area is 131 Å². The SMILES string of the molecule is COc1ccc(C=CC(=O)NCCCN2CCOCC2)cc1. The number of amides is 1. The molecule has 0 unspecified atom stereocenters. The molecule has 0 aromatic heterocycles. The zero-order chi connectivity index (χ0) is 15.6. The van der Waals surface area contributed by atoms with Gasteiger partial charge in [-0.25, -0.2) is 0 Å². The van der Waals surface area contributed by atoms with Crippen molar-refractivity contribution in [2.45, 2.75) is 6.42 Å². The van der Waals surface area contributed by atoms with Gasteiger partial charge in [0.2, 0.25) is 5.91 Å². The minimum Gasteiger partial charge on any atom is -0.497 e. The van der Waals surface area contributed by atoms with Crippen LogP contribution in [-0.4, -0.2) is 57.3 Å². The number of nitrogens with zero attached hydrogens (tertiary/aromatic N) is 1. The van der Waals surface area contributed by atoms with Gasteiger partial charge in [0, 0.05) is 25.7 Å². The smallest absolute Gasteiger partial charge is 0.243 e. The first-order chi connectivity index (χ1) is 10.8. The topological polar surface area (TPSA) is 50.8 Å². The summed E-state index contributed by atoms with van der Waals surface area (Å²) in [5, 5.41) is 2.91. The van der Waals surface area contributed by atoms with E-state index in [1.54, 1.807) is 19.3 Å². The summed E-state index contributed by atoms with van der Waals surface area (Å²) in [5.74, 6) is 0.752. The van der Waals surface area contributed by atoms with Crippen LogP contribution in [0.5, 0.6) is 5.75 Å².